The number of thiophene rings is 1. The van der Waals surface area contributed by atoms with Gasteiger partial charge in [0, 0.05) is 4.70 Å². The summed E-state index contributed by atoms with van der Waals surface area (Å²) in [5.74, 6) is 1.48. The van der Waals surface area contributed by atoms with Crippen LogP contribution in [0.3, 0.4) is 0 Å². The summed E-state index contributed by atoms with van der Waals surface area (Å²) in [7, 11) is 0. The van der Waals surface area contributed by atoms with E-state index in [0.29, 0.717) is 5.92 Å². The topological polar surface area (TPSA) is 23.8 Å². The summed E-state index contributed by atoms with van der Waals surface area (Å²) >= 11 is 1.82. The van der Waals surface area contributed by atoms with E-state index in [9.17, 15) is 5.26 Å². The molecule has 1 heterocycles. The molecule has 3 atom stereocenters. The van der Waals surface area contributed by atoms with Crippen molar-refractivity contribution in [3.05, 3.63) is 35.2 Å². The van der Waals surface area contributed by atoms with Gasteiger partial charge in [0.15, 0.2) is 0 Å². The lowest BCUT2D eigenvalue weighted by Crippen LogP contribution is -2.28. The Hall–Kier alpha value is -1.33. The van der Waals surface area contributed by atoms with Crippen LogP contribution in [-0.2, 0) is 6.42 Å². The van der Waals surface area contributed by atoms with Crippen LogP contribution in [-0.4, -0.2) is 0 Å². The zero-order chi connectivity index (χ0) is 12.9. The minimum Gasteiger partial charge on any atom is -0.198 e. The van der Waals surface area contributed by atoms with Crippen molar-refractivity contribution in [2.24, 2.45) is 17.3 Å². The van der Waals surface area contributed by atoms with Crippen LogP contribution in [0.5, 0.6) is 0 Å². The van der Waals surface area contributed by atoms with Crippen LogP contribution in [0.4, 0.5) is 0 Å². The van der Waals surface area contributed by atoms with E-state index >= 15 is 0 Å². The zero-order valence-electron chi connectivity index (χ0n) is 10.9. The highest BCUT2D eigenvalue weighted by molar-refractivity contribution is 7.17. The molecule has 2 heteroatoms. The van der Waals surface area contributed by atoms with E-state index in [2.05, 4.69) is 35.7 Å². The Morgan fingerprint density at radius 2 is 2.21 bits per heavy atom. The van der Waals surface area contributed by atoms with Gasteiger partial charge in [-0.2, -0.15) is 5.26 Å². The highest BCUT2D eigenvalue weighted by Gasteiger charge is 2.51. The molecular weight excluding hydrogens is 250 g/mol. The number of nitriles is 1. The Balaban J connectivity index is 1.73. The van der Waals surface area contributed by atoms with Gasteiger partial charge in [0.1, 0.15) is 0 Å². The fraction of sp³-hybridized carbons (Fsp3) is 0.471. The van der Waals surface area contributed by atoms with Crippen molar-refractivity contribution in [3.8, 4) is 6.07 Å². The van der Waals surface area contributed by atoms with Crippen molar-refractivity contribution in [1.82, 2.24) is 0 Å². The van der Waals surface area contributed by atoms with Gasteiger partial charge in [0.05, 0.1) is 11.5 Å². The smallest absolute Gasteiger partial charge is 0.0696 e. The largest absolute Gasteiger partial charge is 0.198 e. The third-order valence-electron chi connectivity index (χ3n) is 5.27. The van der Waals surface area contributed by atoms with Crippen molar-refractivity contribution in [2.75, 3.05) is 0 Å². The Kier molecular flexibility index (Phi) is 2.47. The van der Waals surface area contributed by atoms with E-state index in [1.54, 1.807) is 0 Å². The maximum atomic E-state index is 9.76. The first kappa shape index (κ1) is 11.5. The first-order chi connectivity index (χ1) is 9.31. The van der Waals surface area contributed by atoms with Gasteiger partial charge in [-0.3, -0.25) is 0 Å². The molecule has 0 N–H and O–H groups in total. The molecule has 3 unspecified atom stereocenters. The molecule has 2 bridgehead atoms. The van der Waals surface area contributed by atoms with E-state index in [1.807, 2.05) is 11.3 Å². The van der Waals surface area contributed by atoms with Gasteiger partial charge in [-0.25, -0.2) is 0 Å². The quantitative estimate of drug-likeness (QED) is 0.768. The molecule has 1 nitrogen and oxygen atoms in total. The molecule has 0 amide bonds. The highest BCUT2D eigenvalue weighted by Crippen LogP contribution is 2.57. The fourth-order valence-electron chi connectivity index (χ4n) is 4.35. The molecule has 0 saturated heterocycles. The maximum Gasteiger partial charge on any atom is 0.0696 e. The predicted octanol–water partition coefficient (Wildman–Crippen LogP) is 4.77. The average Bonchev–Trinajstić information content (AvgIpc) is 3.14. The fourth-order valence-corrected chi connectivity index (χ4v) is 5.31. The summed E-state index contributed by atoms with van der Waals surface area (Å²) in [5.41, 5.74) is 1.34. The van der Waals surface area contributed by atoms with Gasteiger partial charge < -0.3 is 0 Å². The SMILES string of the molecule is N#CC1(Cc2csc3ccccc23)CC2CCC1C2. The standard InChI is InChI=1S/C17H17NS/c18-11-17(8-12-5-6-14(17)7-12)9-13-10-19-16-4-2-1-3-15(13)16/h1-4,10,12,14H,5-9H2. The number of hydrogen-bond acceptors (Lipinski definition) is 2. The van der Waals surface area contributed by atoms with Crippen molar-refractivity contribution >= 4 is 21.4 Å². The second kappa shape index (κ2) is 4.08. The number of rotatable bonds is 2. The Morgan fingerprint density at radius 1 is 1.32 bits per heavy atom. The minimum absolute atomic E-state index is 0.0627. The lowest BCUT2D eigenvalue weighted by molar-refractivity contribution is 0.240. The van der Waals surface area contributed by atoms with Crippen LogP contribution in [0, 0.1) is 28.6 Å². The molecule has 2 saturated carbocycles. The molecule has 2 fully saturated rings. The van der Waals surface area contributed by atoms with Gasteiger partial charge in [-0.1, -0.05) is 24.6 Å². The van der Waals surface area contributed by atoms with Gasteiger partial charge in [0.2, 0.25) is 0 Å². The van der Waals surface area contributed by atoms with Gasteiger partial charge in [-0.05, 0) is 59.9 Å². The molecule has 0 spiro atoms. The molecular formula is C17H17NS. The van der Waals surface area contributed by atoms with Crippen molar-refractivity contribution in [3.63, 3.8) is 0 Å². The predicted molar refractivity (Wildman–Crippen MR) is 79.0 cm³/mol. The summed E-state index contributed by atoms with van der Waals surface area (Å²) in [6.07, 6.45) is 6.04. The van der Waals surface area contributed by atoms with Crippen LogP contribution in [0.2, 0.25) is 0 Å². The summed E-state index contributed by atoms with van der Waals surface area (Å²) in [6, 6.07) is 11.3. The number of nitrogens with zero attached hydrogens (tertiary/aromatic N) is 1. The first-order valence-electron chi connectivity index (χ1n) is 7.17. The van der Waals surface area contributed by atoms with Crippen LogP contribution in [0.15, 0.2) is 29.6 Å². The number of hydrogen-bond donors (Lipinski definition) is 0. The Morgan fingerprint density at radius 3 is 2.95 bits per heavy atom. The molecule has 0 aliphatic heterocycles. The van der Waals surface area contributed by atoms with Gasteiger partial charge >= 0.3 is 0 Å². The monoisotopic (exact) mass is 267 g/mol. The van der Waals surface area contributed by atoms with E-state index < -0.39 is 0 Å². The lowest BCUT2D eigenvalue weighted by atomic mass is 9.70. The third kappa shape index (κ3) is 1.65. The Bertz CT molecular complexity index is 665. The summed E-state index contributed by atoms with van der Waals surface area (Å²) in [6.45, 7) is 0. The molecule has 96 valence electrons. The molecule has 0 radical (unpaired) electrons. The summed E-state index contributed by atoms with van der Waals surface area (Å²) in [5, 5.41) is 13.4. The van der Waals surface area contributed by atoms with Crippen molar-refractivity contribution in [1.29, 1.82) is 5.26 Å². The minimum atomic E-state index is -0.0627. The molecule has 1 aromatic carbocycles. The third-order valence-corrected chi connectivity index (χ3v) is 6.28. The van der Waals surface area contributed by atoms with Gasteiger partial charge in [0.25, 0.3) is 0 Å². The first-order valence-corrected chi connectivity index (χ1v) is 8.05. The van der Waals surface area contributed by atoms with E-state index in [1.165, 1.54) is 34.9 Å². The molecule has 19 heavy (non-hydrogen) atoms. The molecule has 4 rings (SSSR count). The lowest BCUT2D eigenvalue weighted by Gasteiger charge is -2.30. The molecule has 1 aromatic heterocycles. The maximum absolute atomic E-state index is 9.76. The van der Waals surface area contributed by atoms with Crippen LogP contribution in [0.25, 0.3) is 10.1 Å². The van der Waals surface area contributed by atoms with Crippen molar-refractivity contribution < 1.29 is 0 Å². The van der Waals surface area contributed by atoms with E-state index in [4.69, 9.17) is 0 Å². The molecule has 2 aliphatic rings. The highest BCUT2D eigenvalue weighted by atomic mass is 32.1. The molecule has 2 aliphatic carbocycles. The summed E-state index contributed by atoms with van der Waals surface area (Å²) < 4.78 is 1.36. The van der Waals surface area contributed by atoms with Gasteiger partial charge in [-0.15, -0.1) is 11.3 Å². The van der Waals surface area contributed by atoms with Crippen LogP contribution >= 0.6 is 11.3 Å². The normalized spacial score (nSPS) is 32.8. The van der Waals surface area contributed by atoms with Crippen molar-refractivity contribution in [2.45, 2.75) is 32.1 Å². The second-order valence-electron chi connectivity index (χ2n) is 6.28. The zero-order valence-corrected chi connectivity index (χ0v) is 11.7. The van der Waals surface area contributed by atoms with E-state index in [0.717, 1.165) is 18.8 Å². The molecule has 2 aromatic rings. The second-order valence-corrected chi connectivity index (χ2v) is 7.19. The Labute approximate surface area is 117 Å². The van der Waals surface area contributed by atoms with Crippen LogP contribution < -0.4 is 0 Å². The van der Waals surface area contributed by atoms with E-state index in [-0.39, 0.29) is 5.41 Å². The average molecular weight is 267 g/mol. The number of benzene rings is 1. The summed E-state index contributed by atoms with van der Waals surface area (Å²) in [4.78, 5) is 0. The van der Waals surface area contributed by atoms with Crippen LogP contribution in [0.1, 0.15) is 31.2 Å². The number of fused-ring (bicyclic) bond motifs is 3.